The van der Waals surface area contributed by atoms with Gasteiger partial charge in [0.1, 0.15) is 11.5 Å². The van der Waals surface area contributed by atoms with Gasteiger partial charge in [0.25, 0.3) is 0 Å². The van der Waals surface area contributed by atoms with Crippen molar-refractivity contribution in [3.8, 4) is 23.0 Å². The summed E-state index contributed by atoms with van der Waals surface area (Å²) in [6, 6.07) is 7.27. The van der Waals surface area contributed by atoms with Crippen LogP contribution < -0.4 is 18.9 Å². The molecule has 380 valence electrons. The maximum Gasteiger partial charge on any atom is 0.339 e. The average molecular weight is 975 g/mol. The maximum absolute atomic E-state index is 14.5. The number of methoxy groups -OCH3 is 4. The van der Waals surface area contributed by atoms with Gasteiger partial charge in [0, 0.05) is 49.9 Å². The Labute approximate surface area is 408 Å². The molecule has 18 nitrogen and oxygen atoms in total. The van der Waals surface area contributed by atoms with Crippen LogP contribution in [0.5, 0.6) is 23.0 Å². The van der Waals surface area contributed by atoms with Crippen LogP contribution in [0.4, 0.5) is 0 Å². The number of hydrogen-bond donors (Lipinski definition) is 2. The van der Waals surface area contributed by atoms with E-state index in [1.165, 1.54) is 26.4 Å². The van der Waals surface area contributed by atoms with Gasteiger partial charge < -0.3 is 57.6 Å². The molecule has 8 atom stereocenters. The van der Waals surface area contributed by atoms with Crippen LogP contribution in [0.3, 0.4) is 0 Å². The summed E-state index contributed by atoms with van der Waals surface area (Å²) in [6.45, 7) is 7.41. The smallest absolute Gasteiger partial charge is 0.339 e. The van der Waals surface area contributed by atoms with Crippen molar-refractivity contribution in [1.29, 1.82) is 0 Å². The molecule has 18 heteroatoms. The molecule has 4 heterocycles. The Balaban J connectivity index is 1.04. The summed E-state index contributed by atoms with van der Waals surface area (Å²) in [5.41, 5.74) is -1.22. The van der Waals surface area contributed by atoms with Gasteiger partial charge in [0.05, 0.1) is 41.3 Å². The van der Waals surface area contributed by atoms with Crippen molar-refractivity contribution in [2.75, 3.05) is 68.2 Å². The molecule has 0 amide bonds. The fraction of sp³-hybridized carbons (Fsp3) is 0.577. The van der Waals surface area contributed by atoms with Crippen molar-refractivity contribution in [1.82, 2.24) is 9.80 Å². The number of benzene rings is 2. The van der Waals surface area contributed by atoms with E-state index in [9.17, 15) is 29.4 Å². The molecule has 6 aliphatic rings. The number of carbonyl (C=O) groups is 4. The number of unbranched alkanes of at least 4 members (excludes halogenated alkanes) is 2. The third kappa shape index (κ3) is 10.2. The van der Waals surface area contributed by atoms with Crippen LogP contribution in [0.15, 0.2) is 60.1 Å². The first-order chi connectivity index (χ1) is 33.8. The van der Waals surface area contributed by atoms with Crippen LogP contribution in [0.1, 0.15) is 99.3 Å². The third-order valence-corrected chi connectivity index (χ3v) is 14.5. The largest absolute Gasteiger partial charge is 0.497 e. The quantitative estimate of drug-likeness (QED) is 0.103. The topological polar surface area (TPSA) is 208 Å². The number of rotatable bonds is 20. The Hall–Kier alpha value is -5.82. The second-order valence-electron chi connectivity index (χ2n) is 18.8. The van der Waals surface area contributed by atoms with E-state index >= 15 is 0 Å². The molecule has 0 radical (unpaired) electrons. The van der Waals surface area contributed by atoms with Crippen LogP contribution >= 0.6 is 0 Å². The minimum absolute atomic E-state index is 0.0822. The highest BCUT2D eigenvalue weighted by Crippen LogP contribution is 2.49. The van der Waals surface area contributed by atoms with Crippen LogP contribution in [0.25, 0.3) is 0 Å². The summed E-state index contributed by atoms with van der Waals surface area (Å²) in [6.07, 6.45) is 7.15. The minimum atomic E-state index is -2.49. The highest BCUT2D eigenvalue weighted by Gasteiger charge is 2.52. The maximum atomic E-state index is 14.5. The molecule has 0 saturated carbocycles. The van der Waals surface area contributed by atoms with Gasteiger partial charge in [-0.15, -0.1) is 0 Å². The van der Waals surface area contributed by atoms with Gasteiger partial charge in [-0.3, -0.25) is 19.4 Å². The molecule has 0 aromatic heterocycles. The molecule has 2 aromatic rings. The highest BCUT2D eigenvalue weighted by atomic mass is 16.7. The zero-order valence-corrected chi connectivity index (χ0v) is 40.9. The Morgan fingerprint density at radius 3 is 1.37 bits per heavy atom. The lowest BCUT2D eigenvalue weighted by atomic mass is 9.87. The summed E-state index contributed by atoms with van der Waals surface area (Å²) in [4.78, 5) is 59.4. The normalized spacial score (nSPS) is 24.9. The van der Waals surface area contributed by atoms with E-state index in [4.69, 9.17) is 47.4 Å². The van der Waals surface area contributed by atoms with E-state index in [0.29, 0.717) is 47.4 Å². The Morgan fingerprint density at radius 1 is 0.629 bits per heavy atom. The summed E-state index contributed by atoms with van der Waals surface area (Å²) >= 11 is 0. The SMILES string of the molecule is CCCCN1CCc2cc3c(cc2[C@@H]2[C@H](OC(=O)[C@@](O)(C/C=C/C[C@@](O)(CC(=O)OC)C(=O)O[C@@H]4C(OC)=C[C@H]5[C@@H]4c4cc6c(cc4CCN5CCCC)OCO6)CC(=O)OC)C(OC)=C[C@@H]21)OCO3. The molecule has 0 spiro atoms. The second kappa shape index (κ2) is 21.7. The lowest BCUT2D eigenvalue weighted by Gasteiger charge is -2.34. The first kappa shape index (κ1) is 50.6. The molecule has 70 heavy (non-hydrogen) atoms. The van der Waals surface area contributed by atoms with Crippen LogP contribution in [-0.4, -0.2) is 148 Å². The number of ether oxygens (including phenoxy) is 10. The number of nitrogens with zero attached hydrogens (tertiary/aromatic N) is 2. The van der Waals surface area contributed by atoms with Crippen molar-refractivity contribution in [3.63, 3.8) is 0 Å². The predicted octanol–water partition coefficient (Wildman–Crippen LogP) is 4.90. The molecular formula is C52H66N2O16. The summed E-state index contributed by atoms with van der Waals surface area (Å²) in [5.74, 6) is -1.82. The van der Waals surface area contributed by atoms with Gasteiger partial charge in [-0.1, -0.05) is 38.8 Å². The van der Waals surface area contributed by atoms with E-state index in [1.54, 1.807) is 0 Å². The van der Waals surface area contributed by atoms with E-state index in [2.05, 4.69) is 23.6 Å². The van der Waals surface area contributed by atoms with Crippen molar-refractivity contribution in [2.24, 2.45) is 0 Å². The van der Waals surface area contributed by atoms with Gasteiger partial charge in [0.2, 0.25) is 13.6 Å². The predicted molar refractivity (Wildman–Crippen MR) is 250 cm³/mol. The molecule has 4 aliphatic heterocycles. The second-order valence-corrected chi connectivity index (χ2v) is 18.8. The Bertz CT molecular complexity index is 2220. The monoisotopic (exact) mass is 974 g/mol. The van der Waals surface area contributed by atoms with E-state index < -0.39 is 84.8 Å². The lowest BCUT2D eigenvalue weighted by molar-refractivity contribution is -0.177. The number of carbonyl (C=O) groups excluding carboxylic acids is 4. The molecule has 0 saturated heterocycles. The number of esters is 4. The Kier molecular flexibility index (Phi) is 15.7. The molecular weight excluding hydrogens is 909 g/mol. The van der Waals surface area contributed by atoms with Gasteiger partial charge >= 0.3 is 23.9 Å². The standard InChI is InChI=1S/C52H66N2O16/c1-7-9-17-53-19-13-31-21-37-39(67-29-65-37)23-33(31)45-35(53)25-41(61-3)47(45)69-49(57)51(59,27-43(55)63-5)15-11-12-16-52(60,28-44(56)64-6)50(58)70-48-42(62-4)26-36-46(48)34-24-40-38(66-30-68-40)22-32(34)14-20-54(36)18-10-8-2/h11-12,21-26,35-36,45-48,59-60H,7-10,13-20,27-30H2,1-6H3/b12-11+/t35-,36-,45-,46-,47+,48+,51+,52+/m0/s1. The molecule has 0 unspecified atom stereocenters. The summed E-state index contributed by atoms with van der Waals surface area (Å²) in [7, 11) is 5.25. The molecule has 0 fully saturated rings. The van der Waals surface area contributed by atoms with Gasteiger partial charge in [-0.2, -0.15) is 0 Å². The number of fused-ring (bicyclic) bond motifs is 8. The molecule has 2 aromatic carbocycles. The molecule has 2 aliphatic carbocycles. The summed E-state index contributed by atoms with van der Waals surface area (Å²) < 4.78 is 57.1. The lowest BCUT2D eigenvalue weighted by Crippen LogP contribution is -2.46. The first-order valence-corrected chi connectivity index (χ1v) is 24.3. The zero-order chi connectivity index (χ0) is 49.7. The number of aliphatic hydroxyl groups is 2. The van der Waals surface area contributed by atoms with Crippen molar-refractivity contribution in [2.45, 2.75) is 125 Å². The average Bonchev–Trinajstić information content (AvgIpc) is 4.14. The third-order valence-electron chi connectivity index (χ3n) is 14.5. The van der Waals surface area contributed by atoms with Crippen molar-refractivity contribution >= 4 is 23.9 Å². The van der Waals surface area contributed by atoms with E-state index in [-0.39, 0.29) is 25.7 Å². The minimum Gasteiger partial charge on any atom is -0.497 e. The van der Waals surface area contributed by atoms with Crippen LogP contribution in [0.2, 0.25) is 0 Å². The fourth-order valence-electron chi connectivity index (χ4n) is 10.6. The van der Waals surface area contributed by atoms with Gasteiger partial charge in [0.15, 0.2) is 46.4 Å². The zero-order valence-electron chi connectivity index (χ0n) is 40.9. The molecule has 2 N–H and O–H groups in total. The fourth-order valence-corrected chi connectivity index (χ4v) is 10.6. The highest BCUT2D eigenvalue weighted by molar-refractivity contribution is 5.87. The molecule has 0 bridgehead atoms. The van der Waals surface area contributed by atoms with Crippen LogP contribution in [0, 0.1) is 0 Å². The van der Waals surface area contributed by atoms with E-state index in [1.807, 2.05) is 36.4 Å². The molecule has 8 rings (SSSR count). The first-order valence-electron chi connectivity index (χ1n) is 24.3. The van der Waals surface area contributed by atoms with Crippen LogP contribution in [-0.2, 0) is 60.4 Å². The van der Waals surface area contributed by atoms with E-state index in [0.717, 1.165) is 88.3 Å². The van der Waals surface area contributed by atoms with Crippen molar-refractivity contribution < 1.29 is 76.8 Å². The summed E-state index contributed by atoms with van der Waals surface area (Å²) in [5, 5.41) is 24.3. The Morgan fingerprint density at radius 2 is 1.01 bits per heavy atom. The number of hydrogen-bond acceptors (Lipinski definition) is 18. The van der Waals surface area contributed by atoms with Gasteiger partial charge in [-0.25, -0.2) is 9.59 Å². The van der Waals surface area contributed by atoms with Gasteiger partial charge in [-0.05, 0) is 97.4 Å². The van der Waals surface area contributed by atoms with Crippen molar-refractivity contribution in [3.05, 3.63) is 82.3 Å².